The minimum atomic E-state index is -0.342. The Bertz CT molecular complexity index is 430. The lowest BCUT2D eigenvalue weighted by atomic mass is 10.2. The summed E-state index contributed by atoms with van der Waals surface area (Å²) in [7, 11) is 0. The van der Waals surface area contributed by atoms with Crippen LogP contribution in [0.3, 0.4) is 0 Å². The van der Waals surface area contributed by atoms with Gasteiger partial charge in [0.15, 0.2) is 0 Å². The lowest BCUT2D eigenvalue weighted by molar-refractivity contribution is -0.0668. The molecular weight excluding hydrogens is 279 g/mol. The van der Waals surface area contributed by atoms with Gasteiger partial charge in [-0.25, -0.2) is 0 Å². The van der Waals surface area contributed by atoms with Gasteiger partial charge in [0.2, 0.25) is 0 Å². The number of morpholine rings is 1. The van der Waals surface area contributed by atoms with Crippen LogP contribution in [0.25, 0.3) is 0 Å². The van der Waals surface area contributed by atoms with E-state index in [0.29, 0.717) is 23.9 Å². The fraction of sp³-hybridized carbons (Fsp3) is 0.545. The molecule has 2 rings (SSSR count). The van der Waals surface area contributed by atoms with Gasteiger partial charge in [-0.2, -0.15) is 0 Å². The van der Waals surface area contributed by atoms with Crippen molar-refractivity contribution < 1.29 is 14.6 Å². The highest BCUT2D eigenvalue weighted by Crippen LogP contribution is 2.24. The van der Waals surface area contributed by atoms with E-state index < -0.39 is 0 Å². The molecule has 1 aromatic rings. The Labute approximate surface area is 115 Å². The summed E-state index contributed by atoms with van der Waals surface area (Å²) in [5.41, 5.74) is 0.343. The molecule has 5 nitrogen and oxygen atoms in total. The second-order valence-corrected chi connectivity index (χ2v) is 5.07. The van der Waals surface area contributed by atoms with Crippen LogP contribution in [0.2, 0.25) is 10.2 Å². The number of carbonyl (C=O) groups is 1. The van der Waals surface area contributed by atoms with Gasteiger partial charge >= 0.3 is 0 Å². The van der Waals surface area contributed by atoms with Crippen molar-refractivity contribution in [3.05, 3.63) is 21.9 Å². The van der Waals surface area contributed by atoms with E-state index in [-0.39, 0.29) is 29.8 Å². The number of carbonyl (C=O) groups excluding carboxylic acids is 1. The molecule has 7 heteroatoms. The highest BCUT2D eigenvalue weighted by atomic mass is 35.5. The molecule has 1 fully saturated rings. The van der Waals surface area contributed by atoms with Gasteiger partial charge in [-0.05, 0) is 13.0 Å². The molecule has 1 amide bonds. The van der Waals surface area contributed by atoms with Crippen LogP contribution in [0.15, 0.2) is 6.07 Å². The third kappa shape index (κ3) is 2.64. The van der Waals surface area contributed by atoms with Crippen LogP contribution in [0.4, 0.5) is 0 Å². The maximum Gasteiger partial charge on any atom is 0.270 e. The summed E-state index contributed by atoms with van der Waals surface area (Å²) in [5.74, 6) is -0.196. The van der Waals surface area contributed by atoms with Gasteiger partial charge in [0, 0.05) is 6.54 Å². The predicted octanol–water partition coefficient (Wildman–Crippen LogP) is 1.54. The number of aromatic amines is 1. The Morgan fingerprint density at radius 1 is 1.67 bits per heavy atom. The molecule has 0 saturated carbocycles. The molecule has 2 atom stereocenters. The Morgan fingerprint density at radius 3 is 2.94 bits per heavy atom. The Kier molecular flexibility index (Phi) is 4.17. The minimum absolute atomic E-state index is 0.0545. The first-order valence-electron chi connectivity index (χ1n) is 5.60. The van der Waals surface area contributed by atoms with Gasteiger partial charge in [-0.1, -0.05) is 23.2 Å². The first-order chi connectivity index (χ1) is 8.52. The molecule has 2 unspecified atom stereocenters. The molecule has 0 aromatic carbocycles. The number of nitrogens with zero attached hydrogens (tertiary/aromatic N) is 1. The second kappa shape index (κ2) is 5.48. The standard InChI is InChI=1S/C11H14Cl2N2O3/c1-6-5-18-7(4-16)3-15(6)11(17)9-2-8(12)10(13)14-9/h2,6-7,14,16H,3-5H2,1H3. The summed E-state index contributed by atoms with van der Waals surface area (Å²) < 4.78 is 5.38. The zero-order valence-electron chi connectivity index (χ0n) is 9.82. The molecule has 2 N–H and O–H groups in total. The molecule has 0 spiro atoms. The molecule has 18 heavy (non-hydrogen) atoms. The second-order valence-electron chi connectivity index (χ2n) is 4.29. The summed E-state index contributed by atoms with van der Waals surface area (Å²) in [4.78, 5) is 16.7. The number of rotatable bonds is 2. The lowest BCUT2D eigenvalue weighted by Gasteiger charge is -2.37. The zero-order chi connectivity index (χ0) is 13.3. The number of ether oxygens (including phenoxy) is 1. The third-order valence-corrected chi connectivity index (χ3v) is 3.62. The van der Waals surface area contributed by atoms with Crippen molar-refractivity contribution in [1.82, 2.24) is 9.88 Å². The highest BCUT2D eigenvalue weighted by Gasteiger charge is 2.30. The molecule has 1 aromatic heterocycles. The van der Waals surface area contributed by atoms with Crippen molar-refractivity contribution in [1.29, 1.82) is 0 Å². The van der Waals surface area contributed by atoms with Crippen molar-refractivity contribution in [2.45, 2.75) is 19.1 Å². The van der Waals surface area contributed by atoms with Gasteiger partial charge in [0.05, 0.1) is 30.4 Å². The molecule has 1 saturated heterocycles. The highest BCUT2D eigenvalue weighted by molar-refractivity contribution is 6.41. The lowest BCUT2D eigenvalue weighted by Crippen LogP contribution is -2.52. The number of aromatic nitrogens is 1. The fourth-order valence-corrected chi connectivity index (χ4v) is 2.20. The number of hydrogen-bond acceptors (Lipinski definition) is 3. The molecule has 1 aliphatic rings. The van der Waals surface area contributed by atoms with Crippen LogP contribution in [0, 0.1) is 0 Å². The zero-order valence-corrected chi connectivity index (χ0v) is 11.3. The molecule has 0 bridgehead atoms. The SMILES string of the molecule is CC1COC(CO)CN1C(=O)c1cc(Cl)c(Cl)[nH]1. The van der Waals surface area contributed by atoms with Crippen LogP contribution >= 0.6 is 23.2 Å². The molecule has 0 radical (unpaired) electrons. The van der Waals surface area contributed by atoms with E-state index in [4.69, 9.17) is 33.0 Å². The summed E-state index contributed by atoms with van der Waals surface area (Å²) in [5, 5.41) is 9.65. The number of amides is 1. The van der Waals surface area contributed by atoms with Gasteiger partial charge in [-0.3, -0.25) is 4.79 Å². The van der Waals surface area contributed by atoms with Crippen LogP contribution in [-0.4, -0.2) is 52.8 Å². The molecular formula is C11H14Cl2N2O3. The van der Waals surface area contributed by atoms with Crippen LogP contribution in [-0.2, 0) is 4.74 Å². The summed E-state index contributed by atoms with van der Waals surface area (Å²) in [6.07, 6.45) is -0.342. The van der Waals surface area contributed by atoms with E-state index in [1.807, 2.05) is 6.92 Å². The quantitative estimate of drug-likeness (QED) is 0.869. The van der Waals surface area contributed by atoms with Gasteiger partial charge in [-0.15, -0.1) is 0 Å². The average molecular weight is 293 g/mol. The first-order valence-corrected chi connectivity index (χ1v) is 6.36. The summed E-state index contributed by atoms with van der Waals surface area (Å²) in [6.45, 7) is 2.53. The van der Waals surface area contributed by atoms with Gasteiger partial charge in [0.1, 0.15) is 10.8 Å². The van der Waals surface area contributed by atoms with E-state index >= 15 is 0 Å². The van der Waals surface area contributed by atoms with Crippen LogP contribution < -0.4 is 0 Å². The average Bonchev–Trinajstić information content (AvgIpc) is 2.69. The van der Waals surface area contributed by atoms with E-state index in [2.05, 4.69) is 4.98 Å². The van der Waals surface area contributed by atoms with Crippen molar-refractivity contribution in [3.8, 4) is 0 Å². The molecule has 0 aliphatic carbocycles. The van der Waals surface area contributed by atoms with Gasteiger partial charge in [0.25, 0.3) is 5.91 Å². The van der Waals surface area contributed by atoms with E-state index in [9.17, 15) is 4.79 Å². The predicted molar refractivity (Wildman–Crippen MR) is 68.1 cm³/mol. The number of halogens is 2. The van der Waals surface area contributed by atoms with E-state index in [1.54, 1.807) is 4.90 Å². The smallest absolute Gasteiger partial charge is 0.270 e. The Morgan fingerprint density at radius 2 is 2.39 bits per heavy atom. The number of aliphatic hydroxyl groups excluding tert-OH is 1. The number of nitrogens with one attached hydrogen (secondary N) is 1. The van der Waals surface area contributed by atoms with Crippen molar-refractivity contribution >= 4 is 29.1 Å². The fourth-order valence-electron chi connectivity index (χ4n) is 1.88. The summed E-state index contributed by atoms with van der Waals surface area (Å²) in [6, 6.07) is 1.45. The number of H-pyrrole nitrogens is 1. The topological polar surface area (TPSA) is 65.6 Å². The van der Waals surface area contributed by atoms with E-state index in [0.717, 1.165) is 0 Å². The van der Waals surface area contributed by atoms with Crippen molar-refractivity contribution in [2.75, 3.05) is 19.8 Å². The van der Waals surface area contributed by atoms with Crippen LogP contribution in [0.1, 0.15) is 17.4 Å². The first kappa shape index (κ1) is 13.7. The minimum Gasteiger partial charge on any atom is -0.394 e. The molecule has 1 aliphatic heterocycles. The molecule has 2 heterocycles. The van der Waals surface area contributed by atoms with Gasteiger partial charge < -0.3 is 19.7 Å². The van der Waals surface area contributed by atoms with Crippen molar-refractivity contribution in [3.63, 3.8) is 0 Å². The Hall–Kier alpha value is -0.750. The van der Waals surface area contributed by atoms with E-state index in [1.165, 1.54) is 6.07 Å². The maximum absolute atomic E-state index is 12.3. The summed E-state index contributed by atoms with van der Waals surface area (Å²) >= 11 is 11.6. The monoisotopic (exact) mass is 292 g/mol. The number of hydrogen-bond donors (Lipinski definition) is 2. The van der Waals surface area contributed by atoms with Crippen molar-refractivity contribution in [2.24, 2.45) is 0 Å². The maximum atomic E-state index is 12.3. The third-order valence-electron chi connectivity index (χ3n) is 2.93. The molecule has 100 valence electrons. The number of aliphatic hydroxyl groups is 1. The largest absolute Gasteiger partial charge is 0.394 e. The van der Waals surface area contributed by atoms with Crippen LogP contribution in [0.5, 0.6) is 0 Å². The Balaban J connectivity index is 2.16. The normalized spacial score (nSPS) is 24.3.